The smallest absolute Gasteiger partial charge is 0.274 e. The summed E-state index contributed by atoms with van der Waals surface area (Å²) in [7, 11) is 0. The zero-order valence-corrected chi connectivity index (χ0v) is 16.3. The van der Waals surface area contributed by atoms with E-state index in [1.807, 2.05) is 0 Å². The van der Waals surface area contributed by atoms with Gasteiger partial charge in [0, 0.05) is 38.1 Å². The van der Waals surface area contributed by atoms with Crippen molar-refractivity contribution in [1.29, 1.82) is 0 Å². The number of hydrogen-bond acceptors (Lipinski definition) is 4. The highest BCUT2D eigenvalue weighted by Crippen LogP contribution is 2.23. The van der Waals surface area contributed by atoms with Crippen LogP contribution in [0, 0.1) is 17.5 Å². The third-order valence-electron chi connectivity index (χ3n) is 5.01. The van der Waals surface area contributed by atoms with E-state index in [2.05, 4.69) is 5.10 Å². The fourth-order valence-electron chi connectivity index (χ4n) is 3.38. The lowest BCUT2D eigenvalue weighted by atomic mass is 10.1. The van der Waals surface area contributed by atoms with Gasteiger partial charge in [-0.15, -0.1) is 0 Å². The number of benzene rings is 2. The van der Waals surface area contributed by atoms with Gasteiger partial charge in [-0.3, -0.25) is 9.59 Å². The average molecular weight is 429 g/mol. The molecule has 160 valence electrons. The lowest BCUT2D eigenvalue weighted by Gasteiger charge is -2.32. The predicted molar refractivity (Wildman–Crippen MR) is 106 cm³/mol. The number of carbonyl (C=O) groups is 1. The van der Waals surface area contributed by atoms with Crippen molar-refractivity contribution in [3.63, 3.8) is 0 Å². The number of amides is 1. The fraction of sp³-hybridized carbons (Fsp3) is 0.227. The maximum atomic E-state index is 13.8. The van der Waals surface area contributed by atoms with Gasteiger partial charge in [0.05, 0.1) is 5.69 Å². The molecule has 1 aliphatic heterocycles. The summed E-state index contributed by atoms with van der Waals surface area (Å²) in [5, 5.41) is 4.13. The number of hydrogen-bond donors (Lipinski definition) is 0. The molecule has 3 aromatic rings. The number of rotatable bonds is 4. The minimum Gasteiger partial charge on any atom is -0.487 e. The first-order valence-corrected chi connectivity index (χ1v) is 9.68. The maximum Gasteiger partial charge on any atom is 0.274 e. The molecule has 0 radical (unpaired) electrons. The monoisotopic (exact) mass is 429 g/mol. The van der Waals surface area contributed by atoms with E-state index >= 15 is 0 Å². The van der Waals surface area contributed by atoms with Gasteiger partial charge in [-0.1, -0.05) is 0 Å². The van der Waals surface area contributed by atoms with Crippen molar-refractivity contribution in [1.82, 2.24) is 14.7 Å². The molecule has 4 rings (SSSR count). The molecule has 2 aromatic carbocycles. The number of likely N-dealkylation sites (tertiary alicyclic amines) is 1. The van der Waals surface area contributed by atoms with Crippen LogP contribution in [0.5, 0.6) is 5.75 Å². The molecule has 0 aliphatic carbocycles. The first kappa shape index (κ1) is 20.6. The molecule has 1 aromatic heterocycles. The summed E-state index contributed by atoms with van der Waals surface area (Å²) in [6, 6.07) is 10.9. The van der Waals surface area contributed by atoms with Crippen LogP contribution in [0.15, 0.2) is 59.4 Å². The Morgan fingerprint density at radius 2 is 1.61 bits per heavy atom. The van der Waals surface area contributed by atoms with Gasteiger partial charge in [0.2, 0.25) is 0 Å². The summed E-state index contributed by atoms with van der Waals surface area (Å²) >= 11 is 0. The van der Waals surface area contributed by atoms with Crippen LogP contribution in [-0.2, 0) is 0 Å². The lowest BCUT2D eigenvalue weighted by Crippen LogP contribution is -2.42. The third kappa shape index (κ3) is 4.60. The van der Waals surface area contributed by atoms with E-state index in [0.29, 0.717) is 31.6 Å². The molecule has 1 saturated heterocycles. The summed E-state index contributed by atoms with van der Waals surface area (Å²) in [6.45, 7) is 0.702. The first-order valence-electron chi connectivity index (χ1n) is 9.68. The summed E-state index contributed by atoms with van der Waals surface area (Å²) in [6.07, 6.45) is 0.602. The number of halogens is 3. The molecule has 9 heteroatoms. The minimum atomic E-state index is -0.772. The van der Waals surface area contributed by atoms with Crippen LogP contribution in [0.2, 0.25) is 0 Å². The van der Waals surface area contributed by atoms with Gasteiger partial charge < -0.3 is 9.64 Å². The SMILES string of the molecule is O=C(c1ccc(=O)n(-c2ccc(F)cc2)n1)N1CCC(Oc2ccc(F)cc2F)CC1. The van der Waals surface area contributed by atoms with Gasteiger partial charge >= 0.3 is 0 Å². The normalized spacial score (nSPS) is 14.5. The van der Waals surface area contributed by atoms with Gasteiger partial charge in [0.25, 0.3) is 11.5 Å². The van der Waals surface area contributed by atoms with Crippen molar-refractivity contribution in [2.45, 2.75) is 18.9 Å². The van der Waals surface area contributed by atoms with E-state index < -0.39 is 23.0 Å². The molecule has 1 amide bonds. The van der Waals surface area contributed by atoms with E-state index in [0.717, 1.165) is 16.8 Å². The van der Waals surface area contributed by atoms with E-state index in [9.17, 15) is 22.8 Å². The van der Waals surface area contributed by atoms with Crippen molar-refractivity contribution in [2.24, 2.45) is 0 Å². The highest BCUT2D eigenvalue weighted by molar-refractivity contribution is 5.92. The van der Waals surface area contributed by atoms with E-state index in [-0.39, 0.29) is 23.5 Å². The van der Waals surface area contributed by atoms with Crippen LogP contribution >= 0.6 is 0 Å². The van der Waals surface area contributed by atoms with E-state index in [1.165, 1.54) is 42.5 Å². The maximum absolute atomic E-state index is 13.8. The molecule has 0 bridgehead atoms. The molecule has 0 N–H and O–H groups in total. The van der Waals surface area contributed by atoms with Crippen molar-refractivity contribution < 1.29 is 22.7 Å². The second kappa shape index (κ2) is 8.63. The summed E-state index contributed by atoms with van der Waals surface area (Å²) < 4.78 is 46.6. The number of piperidine rings is 1. The van der Waals surface area contributed by atoms with Crippen molar-refractivity contribution in [2.75, 3.05) is 13.1 Å². The van der Waals surface area contributed by atoms with Crippen molar-refractivity contribution in [3.8, 4) is 11.4 Å². The number of aromatic nitrogens is 2. The second-order valence-electron chi connectivity index (χ2n) is 7.13. The molecular formula is C22H18F3N3O3. The molecular weight excluding hydrogens is 411 g/mol. The Kier molecular flexibility index (Phi) is 5.75. The number of carbonyl (C=O) groups excluding carboxylic acids is 1. The van der Waals surface area contributed by atoms with Crippen LogP contribution in [0.3, 0.4) is 0 Å². The van der Waals surface area contributed by atoms with Crippen LogP contribution in [0.25, 0.3) is 5.69 Å². The summed E-state index contributed by atoms with van der Waals surface area (Å²) in [5.74, 6) is -2.29. The molecule has 0 saturated carbocycles. The largest absolute Gasteiger partial charge is 0.487 e. The standard InChI is InChI=1S/C22H18F3N3O3/c23-14-1-4-16(5-2-14)28-21(29)8-6-19(26-28)22(30)27-11-9-17(10-12-27)31-20-7-3-15(24)13-18(20)25/h1-8,13,17H,9-12H2. The fourth-order valence-corrected chi connectivity index (χ4v) is 3.38. The molecule has 2 heterocycles. The summed E-state index contributed by atoms with van der Waals surface area (Å²) in [5.41, 5.74) is -0.0288. The second-order valence-corrected chi connectivity index (χ2v) is 7.13. The van der Waals surface area contributed by atoms with Crippen molar-refractivity contribution in [3.05, 3.63) is 88.1 Å². The number of ether oxygens (including phenoxy) is 1. The predicted octanol–water partition coefficient (Wildman–Crippen LogP) is 3.33. The zero-order chi connectivity index (χ0) is 22.0. The first-order chi connectivity index (χ1) is 14.9. The molecule has 31 heavy (non-hydrogen) atoms. The minimum absolute atomic E-state index is 0.0285. The average Bonchev–Trinajstić information content (AvgIpc) is 2.77. The van der Waals surface area contributed by atoms with Gasteiger partial charge in [0.1, 0.15) is 23.4 Å². The van der Waals surface area contributed by atoms with E-state index in [4.69, 9.17) is 4.74 Å². The molecule has 0 spiro atoms. The Bertz CT molecular complexity index is 1160. The quantitative estimate of drug-likeness (QED) is 0.638. The topological polar surface area (TPSA) is 64.4 Å². The highest BCUT2D eigenvalue weighted by atomic mass is 19.1. The Morgan fingerprint density at radius 3 is 2.29 bits per heavy atom. The number of nitrogens with zero attached hydrogens (tertiary/aromatic N) is 3. The molecule has 0 atom stereocenters. The lowest BCUT2D eigenvalue weighted by molar-refractivity contribution is 0.0581. The third-order valence-corrected chi connectivity index (χ3v) is 5.01. The Morgan fingerprint density at radius 1 is 0.935 bits per heavy atom. The molecule has 1 fully saturated rings. The Hall–Kier alpha value is -3.62. The van der Waals surface area contributed by atoms with Gasteiger partial charge in [-0.05, 0) is 42.5 Å². The summed E-state index contributed by atoms with van der Waals surface area (Å²) in [4.78, 5) is 26.6. The van der Waals surface area contributed by atoms with Crippen molar-refractivity contribution >= 4 is 5.91 Å². The highest BCUT2D eigenvalue weighted by Gasteiger charge is 2.26. The van der Waals surface area contributed by atoms with Crippen LogP contribution in [-0.4, -0.2) is 39.8 Å². The van der Waals surface area contributed by atoms with Crippen LogP contribution in [0.1, 0.15) is 23.3 Å². The Balaban J connectivity index is 1.43. The van der Waals surface area contributed by atoms with Gasteiger partial charge in [-0.25, -0.2) is 13.2 Å². The molecule has 0 unspecified atom stereocenters. The molecule has 6 nitrogen and oxygen atoms in total. The van der Waals surface area contributed by atoms with E-state index in [1.54, 1.807) is 4.90 Å². The van der Waals surface area contributed by atoms with Gasteiger partial charge in [0.15, 0.2) is 11.6 Å². The zero-order valence-electron chi connectivity index (χ0n) is 16.3. The van der Waals surface area contributed by atoms with Crippen LogP contribution in [0.4, 0.5) is 13.2 Å². The Labute approximate surface area is 175 Å². The van der Waals surface area contributed by atoms with Crippen LogP contribution < -0.4 is 10.3 Å². The molecule has 1 aliphatic rings. The van der Waals surface area contributed by atoms with Gasteiger partial charge in [-0.2, -0.15) is 9.78 Å².